The molecule has 80 valence electrons. The Morgan fingerprint density at radius 2 is 2.20 bits per heavy atom. The third kappa shape index (κ3) is 1.50. The molecule has 5 heteroatoms. The number of hydrazine groups is 1. The number of nitrogens with zero attached hydrogens (tertiary/aromatic N) is 2. The molecule has 0 aliphatic rings. The Morgan fingerprint density at radius 1 is 1.47 bits per heavy atom. The standard InChI is InChI=1S/C10H14N4O/c1-6(2)14(11)8-3-4-9(15)7-5-12-13-10(7)8/h3-6,15H,11H2,1-2H3,(H,12,13). The van der Waals surface area contributed by atoms with Crippen LogP contribution >= 0.6 is 0 Å². The van der Waals surface area contributed by atoms with Crippen molar-refractivity contribution in [2.75, 3.05) is 5.01 Å². The van der Waals surface area contributed by atoms with E-state index in [1.54, 1.807) is 23.3 Å². The number of rotatable bonds is 2. The number of nitrogens with two attached hydrogens (primary N) is 1. The Kier molecular flexibility index (Phi) is 2.24. The van der Waals surface area contributed by atoms with Gasteiger partial charge in [-0.1, -0.05) is 0 Å². The first kappa shape index (κ1) is 9.79. The molecule has 0 saturated carbocycles. The second-order valence-corrected chi connectivity index (χ2v) is 3.76. The van der Waals surface area contributed by atoms with Crippen LogP contribution in [0, 0.1) is 0 Å². The summed E-state index contributed by atoms with van der Waals surface area (Å²) in [5.74, 6) is 6.13. The third-order valence-corrected chi connectivity index (χ3v) is 2.41. The van der Waals surface area contributed by atoms with Gasteiger partial charge in [0.05, 0.1) is 22.8 Å². The van der Waals surface area contributed by atoms with Crippen molar-refractivity contribution in [3.8, 4) is 5.75 Å². The van der Waals surface area contributed by atoms with Gasteiger partial charge in [-0.05, 0) is 26.0 Å². The molecule has 0 radical (unpaired) electrons. The summed E-state index contributed by atoms with van der Waals surface area (Å²) in [5.41, 5.74) is 1.58. The zero-order valence-corrected chi connectivity index (χ0v) is 8.73. The van der Waals surface area contributed by atoms with Crippen LogP contribution in [0.3, 0.4) is 0 Å². The highest BCUT2D eigenvalue weighted by Gasteiger charge is 2.12. The van der Waals surface area contributed by atoms with Gasteiger partial charge in [-0.3, -0.25) is 5.10 Å². The number of anilines is 1. The molecular formula is C10H14N4O. The molecule has 1 heterocycles. The second kappa shape index (κ2) is 3.43. The topological polar surface area (TPSA) is 78.2 Å². The number of hydrogen-bond donors (Lipinski definition) is 3. The molecule has 5 nitrogen and oxygen atoms in total. The molecule has 0 spiro atoms. The first-order valence-electron chi connectivity index (χ1n) is 4.80. The van der Waals surface area contributed by atoms with Crippen molar-refractivity contribution in [2.24, 2.45) is 5.84 Å². The lowest BCUT2D eigenvalue weighted by Gasteiger charge is -2.23. The predicted octanol–water partition coefficient (Wildman–Crippen LogP) is 1.36. The molecule has 0 saturated heterocycles. The number of aromatic hydroxyl groups is 1. The summed E-state index contributed by atoms with van der Waals surface area (Å²) >= 11 is 0. The van der Waals surface area contributed by atoms with Crippen molar-refractivity contribution in [2.45, 2.75) is 19.9 Å². The summed E-state index contributed by atoms with van der Waals surface area (Å²) in [5, 5.41) is 18.6. The Hall–Kier alpha value is -1.75. The van der Waals surface area contributed by atoms with Gasteiger partial charge >= 0.3 is 0 Å². The van der Waals surface area contributed by atoms with Gasteiger partial charge in [-0.15, -0.1) is 0 Å². The second-order valence-electron chi connectivity index (χ2n) is 3.76. The number of hydrogen-bond acceptors (Lipinski definition) is 4. The van der Waals surface area contributed by atoms with Gasteiger partial charge < -0.3 is 10.1 Å². The van der Waals surface area contributed by atoms with Crippen molar-refractivity contribution < 1.29 is 5.11 Å². The Morgan fingerprint density at radius 3 is 2.87 bits per heavy atom. The molecule has 1 aromatic heterocycles. The van der Waals surface area contributed by atoms with Crippen LogP contribution in [0.5, 0.6) is 5.75 Å². The molecule has 0 bridgehead atoms. The van der Waals surface area contributed by atoms with Gasteiger partial charge in [0, 0.05) is 6.04 Å². The van der Waals surface area contributed by atoms with E-state index in [0.29, 0.717) is 5.39 Å². The molecule has 0 aliphatic carbocycles. The number of nitrogens with one attached hydrogen (secondary N) is 1. The fourth-order valence-corrected chi connectivity index (χ4v) is 1.50. The normalized spacial score (nSPS) is 11.2. The lowest BCUT2D eigenvalue weighted by Crippen LogP contribution is -2.37. The highest BCUT2D eigenvalue weighted by Crippen LogP contribution is 2.30. The molecule has 0 amide bonds. The lowest BCUT2D eigenvalue weighted by molar-refractivity contribution is 0.481. The van der Waals surface area contributed by atoms with Gasteiger partial charge in [-0.2, -0.15) is 5.10 Å². The number of phenols is 1. The van der Waals surface area contributed by atoms with Crippen LogP contribution in [-0.2, 0) is 0 Å². The maximum Gasteiger partial charge on any atom is 0.126 e. The first-order chi connectivity index (χ1) is 7.11. The highest BCUT2D eigenvalue weighted by atomic mass is 16.3. The smallest absolute Gasteiger partial charge is 0.126 e. The lowest BCUT2D eigenvalue weighted by atomic mass is 10.2. The van der Waals surface area contributed by atoms with E-state index >= 15 is 0 Å². The zero-order valence-electron chi connectivity index (χ0n) is 8.73. The Balaban J connectivity index is 2.62. The van der Waals surface area contributed by atoms with Crippen LogP contribution in [0.15, 0.2) is 18.3 Å². The average molecular weight is 206 g/mol. The number of fused-ring (bicyclic) bond motifs is 1. The van der Waals surface area contributed by atoms with Crippen LogP contribution in [0.4, 0.5) is 5.69 Å². The van der Waals surface area contributed by atoms with Gasteiger partial charge in [0.1, 0.15) is 5.75 Å². The van der Waals surface area contributed by atoms with Crippen LogP contribution in [0.25, 0.3) is 10.9 Å². The SMILES string of the molecule is CC(C)N(N)c1ccc(O)c2cn[nH]c12. The van der Waals surface area contributed by atoms with E-state index in [0.717, 1.165) is 11.2 Å². The summed E-state index contributed by atoms with van der Waals surface area (Å²) in [6, 6.07) is 3.58. The van der Waals surface area contributed by atoms with Crippen LogP contribution in [0.1, 0.15) is 13.8 Å². The average Bonchev–Trinajstić information content (AvgIpc) is 2.66. The number of H-pyrrole nitrogens is 1. The quantitative estimate of drug-likeness (QED) is 0.512. The Bertz CT molecular complexity index is 477. The molecule has 0 fully saturated rings. The number of benzene rings is 1. The van der Waals surface area contributed by atoms with E-state index in [1.165, 1.54) is 0 Å². The maximum atomic E-state index is 9.59. The summed E-state index contributed by atoms with van der Waals surface area (Å²) in [7, 11) is 0. The summed E-state index contributed by atoms with van der Waals surface area (Å²) < 4.78 is 0. The molecule has 15 heavy (non-hydrogen) atoms. The molecule has 2 rings (SSSR count). The van der Waals surface area contributed by atoms with Crippen LogP contribution < -0.4 is 10.9 Å². The van der Waals surface area contributed by atoms with Gasteiger partial charge in [0.25, 0.3) is 0 Å². The zero-order chi connectivity index (χ0) is 11.0. The third-order valence-electron chi connectivity index (χ3n) is 2.41. The van der Waals surface area contributed by atoms with Crippen LogP contribution in [0.2, 0.25) is 0 Å². The minimum atomic E-state index is 0.182. The Labute approximate surface area is 87.5 Å². The predicted molar refractivity (Wildman–Crippen MR) is 59.6 cm³/mol. The fourth-order valence-electron chi connectivity index (χ4n) is 1.50. The van der Waals surface area contributed by atoms with E-state index in [9.17, 15) is 5.11 Å². The minimum Gasteiger partial charge on any atom is -0.507 e. The number of aromatic amines is 1. The molecule has 0 aliphatic heterocycles. The van der Waals surface area contributed by atoms with Crippen molar-refractivity contribution in [3.05, 3.63) is 18.3 Å². The fraction of sp³-hybridized carbons (Fsp3) is 0.300. The maximum absolute atomic E-state index is 9.59. The molecule has 2 aromatic rings. The van der Waals surface area contributed by atoms with Gasteiger partial charge in [-0.25, -0.2) is 5.84 Å². The summed E-state index contributed by atoms with van der Waals surface area (Å²) in [4.78, 5) is 0. The largest absolute Gasteiger partial charge is 0.507 e. The molecule has 0 unspecified atom stereocenters. The number of aromatic nitrogens is 2. The molecule has 0 atom stereocenters. The number of phenolic OH excluding ortho intramolecular Hbond substituents is 1. The van der Waals surface area contributed by atoms with Crippen molar-refractivity contribution >= 4 is 16.6 Å². The van der Waals surface area contributed by atoms with E-state index < -0.39 is 0 Å². The molecule has 4 N–H and O–H groups in total. The van der Waals surface area contributed by atoms with Gasteiger partial charge in [0.15, 0.2) is 0 Å². The van der Waals surface area contributed by atoms with Crippen molar-refractivity contribution in [1.82, 2.24) is 10.2 Å². The molecule has 1 aromatic carbocycles. The molecular weight excluding hydrogens is 192 g/mol. The monoisotopic (exact) mass is 206 g/mol. The van der Waals surface area contributed by atoms with E-state index in [-0.39, 0.29) is 11.8 Å². The van der Waals surface area contributed by atoms with E-state index in [2.05, 4.69) is 10.2 Å². The summed E-state index contributed by atoms with van der Waals surface area (Å²) in [6.07, 6.45) is 1.59. The van der Waals surface area contributed by atoms with Crippen molar-refractivity contribution in [1.29, 1.82) is 0 Å². The first-order valence-corrected chi connectivity index (χ1v) is 4.80. The highest BCUT2D eigenvalue weighted by molar-refractivity contribution is 5.94. The van der Waals surface area contributed by atoms with Gasteiger partial charge in [0.2, 0.25) is 0 Å². The minimum absolute atomic E-state index is 0.182. The van der Waals surface area contributed by atoms with E-state index in [1.807, 2.05) is 13.8 Å². The van der Waals surface area contributed by atoms with Crippen LogP contribution in [-0.4, -0.2) is 21.3 Å². The summed E-state index contributed by atoms with van der Waals surface area (Å²) in [6.45, 7) is 3.99. The van der Waals surface area contributed by atoms with Crippen molar-refractivity contribution in [3.63, 3.8) is 0 Å². The van der Waals surface area contributed by atoms with E-state index in [4.69, 9.17) is 5.84 Å².